The first kappa shape index (κ1) is 19.7. The number of nitrogens with one attached hydrogen (secondary N) is 1. The van der Waals surface area contributed by atoms with E-state index in [0.29, 0.717) is 12.3 Å². The second-order valence-electron chi connectivity index (χ2n) is 5.07. The van der Waals surface area contributed by atoms with Gasteiger partial charge in [0.25, 0.3) is 0 Å². The highest BCUT2D eigenvalue weighted by Gasteiger charge is 2.20. The van der Waals surface area contributed by atoms with Gasteiger partial charge < -0.3 is 15.8 Å². The van der Waals surface area contributed by atoms with Gasteiger partial charge in [-0.15, -0.1) is 12.4 Å². The van der Waals surface area contributed by atoms with E-state index in [4.69, 9.17) is 10.5 Å². The van der Waals surface area contributed by atoms with Crippen molar-refractivity contribution in [1.29, 1.82) is 0 Å². The molecule has 8 heteroatoms. The van der Waals surface area contributed by atoms with E-state index < -0.39 is 15.4 Å². The predicted molar refractivity (Wildman–Crippen MR) is 83.6 cm³/mol. The minimum Gasteiger partial charge on any atom is -0.492 e. The van der Waals surface area contributed by atoms with Gasteiger partial charge in [-0.1, -0.05) is 0 Å². The number of amides is 1. The average molecular weight is 337 g/mol. The van der Waals surface area contributed by atoms with Gasteiger partial charge in [0.1, 0.15) is 12.4 Å². The molecule has 0 saturated heterocycles. The number of rotatable bonds is 6. The summed E-state index contributed by atoms with van der Waals surface area (Å²) < 4.78 is 27.9. The SMILES string of the molecule is CC(C)(N)C(=O)NCCOc1ccc(S(C)(=O)=O)cc1.Cl. The maximum atomic E-state index is 11.5. The molecule has 1 rings (SSSR count). The van der Waals surface area contributed by atoms with Crippen molar-refractivity contribution in [3.8, 4) is 5.75 Å². The third-order valence-corrected chi connectivity index (χ3v) is 3.62. The zero-order valence-corrected chi connectivity index (χ0v) is 13.9. The summed E-state index contributed by atoms with van der Waals surface area (Å²) in [7, 11) is -3.20. The summed E-state index contributed by atoms with van der Waals surface area (Å²) in [5, 5.41) is 2.64. The summed E-state index contributed by atoms with van der Waals surface area (Å²) in [4.78, 5) is 11.7. The second-order valence-corrected chi connectivity index (χ2v) is 7.09. The molecule has 1 amide bonds. The summed E-state index contributed by atoms with van der Waals surface area (Å²) >= 11 is 0. The average Bonchev–Trinajstić information content (AvgIpc) is 2.32. The van der Waals surface area contributed by atoms with Crippen LogP contribution in [0, 0.1) is 0 Å². The van der Waals surface area contributed by atoms with Crippen LogP contribution >= 0.6 is 12.4 Å². The zero-order valence-electron chi connectivity index (χ0n) is 12.3. The molecule has 0 atom stereocenters. The predicted octanol–water partition coefficient (Wildman–Crippen LogP) is 0.744. The fourth-order valence-corrected chi connectivity index (χ4v) is 1.97. The van der Waals surface area contributed by atoms with Crippen LogP contribution in [0.25, 0.3) is 0 Å². The molecular formula is C13H21ClN2O4S. The number of nitrogens with two attached hydrogens (primary N) is 1. The number of carbonyl (C=O) groups is 1. The highest BCUT2D eigenvalue weighted by atomic mass is 35.5. The molecule has 0 heterocycles. The minimum absolute atomic E-state index is 0. The number of hydrogen-bond acceptors (Lipinski definition) is 5. The van der Waals surface area contributed by atoms with Crippen molar-refractivity contribution in [2.24, 2.45) is 5.73 Å². The molecule has 21 heavy (non-hydrogen) atoms. The molecule has 120 valence electrons. The number of sulfone groups is 1. The van der Waals surface area contributed by atoms with Crippen LogP contribution in [0.15, 0.2) is 29.2 Å². The molecule has 0 unspecified atom stereocenters. The quantitative estimate of drug-likeness (QED) is 0.747. The standard InChI is InChI=1S/C13H20N2O4S.ClH/c1-13(2,14)12(16)15-8-9-19-10-4-6-11(7-5-10)20(3,17)18;/h4-7H,8-9,14H2,1-3H3,(H,15,16);1H. The molecule has 0 radical (unpaired) electrons. The largest absolute Gasteiger partial charge is 0.492 e. The van der Waals surface area contributed by atoms with Gasteiger partial charge in [-0.25, -0.2) is 8.42 Å². The van der Waals surface area contributed by atoms with Crippen molar-refractivity contribution in [3.63, 3.8) is 0 Å². The smallest absolute Gasteiger partial charge is 0.239 e. The number of halogens is 1. The van der Waals surface area contributed by atoms with Crippen molar-refractivity contribution in [2.75, 3.05) is 19.4 Å². The molecule has 6 nitrogen and oxygen atoms in total. The Labute approximate surface area is 131 Å². The Balaban J connectivity index is 0.00000400. The molecule has 1 aromatic rings. The molecule has 3 N–H and O–H groups in total. The lowest BCUT2D eigenvalue weighted by atomic mass is 10.1. The first-order valence-corrected chi connectivity index (χ1v) is 8.00. The Bertz CT molecular complexity index is 565. The van der Waals surface area contributed by atoms with Gasteiger partial charge in [-0.3, -0.25) is 4.79 Å². The van der Waals surface area contributed by atoms with Crippen molar-refractivity contribution < 1.29 is 17.9 Å². The zero-order chi connectivity index (χ0) is 15.4. The van der Waals surface area contributed by atoms with Gasteiger partial charge in [0.2, 0.25) is 5.91 Å². The molecule has 0 aromatic heterocycles. The van der Waals surface area contributed by atoms with E-state index in [-0.39, 0.29) is 29.8 Å². The van der Waals surface area contributed by atoms with E-state index in [9.17, 15) is 13.2 Å². The molecule has 0 bridgehead atoms. The Morgan fingerprint density at radius 2 is 1.81 bits per heavy atom. The van der Waals surface area contributed by atoms with Gasteiger partial charge in [-0.2, -0.15) is 0 Å². The van der Waals surface area contributed by atoms with E-state index in [1.54, 1.807) is 26.0 Å². The fraction of sp³-hybridized carbons (Fsp3) is 0.462. The molecule has 1 aromatic carbocycles. The van der Waals surface area contributed by atoms with E-state index in [0.717, 1.165) is 6.26 Å². The van der Waals surface area contributed by atoms with Crippen molar-refractivity contribution in [2.45, 2.75) is 24.3 Å². The van der Waals surface area contributed by atoms with Crippen LogP contribution in [0.3, 0.4) is 0 Å². The maximum Gasteiger partial charge on any atom is 0.239 e. The van der Waals surface area contributed by atoms with Gasteiger partial charge in [0.15, 0.2) is 9.84 Å². The molecule has 0 aliphatic carbocycles. The van der Waals surface area contributed by atoms with Crippen molar-refractivity contribution >= 4 is 28.2 Å². The summed E-state index contributed by atoms with van der Waals surface area (Å²) in [6.45, 7) is 3.84. The molecule has 0 spiro atoms. The van der Waals surface area contributed by atoms with Gasteiger partial charge in [0.05, 0.1) is 17.0 Å². The number of benzene rings is 1. The normalized spacial score (nSPS) is 11.4. The fourth-order valence-electron chi connectivity index (χ4n) is 1.34. The number of ether oxygens (including phenoxy) is 1. The minimum atomic E-state index is -3.20. The summed E-state index contributed by atoms with van der Waals surface area (Å²) in [5.41, 5.74) is 4.70. The summed E-state index contributed by atoms with van der Waals surface area (Å²) in [5.74, 6) is 0.284. The third-order valence-electron chi connectivity index (χ3n) is 2.49. The van der Waals surface area contributed by atoms with Gasteiger partial charge in [0, 0.05) is 6.26 Å². The van der Waals surface area contributed by atoms with Crippen LogP contribution in [0.1, 0.15) is 13.8 Å². The van der Waals surface area contributed by atoms with E-state index in [1.807, 2.05) is 0 Å². The molecule has 0 aliphatic heterocycles. The van der Waals surface area contributed by atoms with Crippen LogP contribution in [0.5, 0.6) is 5.75 Å². The summed E-state index contributed by atoms with van der Waals surface area (Å²) in [6.07, 6.45) is 1.15. The van der Waals surface area contributed by atoms with Crippen LogP contribution in [0.4, 0.5) is 0 Å². The lowest BCUT2D eigenvalue weighted by Gasteiger charge is -2.17. The Morgan fingerprint density at radius 1 is 1.29 bits per heavy atom. The first-order valence-electron chi connectivity index (χ1n) is 6.11. The van der Waals surface area contributed by atoms with Gasteiger partial charge in [-0.05, 0) is 38.1 Å². The van der Waals surface area contributed by atoms with Crippen LogP contribution < -0.4 is 15.8 Å². The Hall–Kier alpha value is -1.31. The van der Waals surface area contributed by atoms with Gasteiger partial charge >= 0.3 is 0 Å². The number of hydrogen-bond donors (Lipinski definition) is 2. The lowest BCUT2D eigenvalue weighted by molar-refractivity contribution is -0.125. The van der Waals surface area contributed by atoms with Crippen molar-refractivity contribution in [3.05, 3.63) is 24.3 Å². The highest BCUT2D eigenvalue weighted by molar-refractivity contribution is 7.90. The van der Waals surface area contributed by atoms with E-state index in [1.165, 1.54) is 12.1 Å². The van der Waals surface area contributed by atoms with E-state index >= 15 is 0 Å². The van der Waals surface area contributed by atoms with Crippen LogP contribution in [-0.4, -0.2) is 39.3 Å². The maximum absolute atomic E-state index is 11.5. The third kappa shape index (κ3) is 6.79. The lowest BCUT2D eigenvalue weighted by Crippen LogP contribution is -2.49. The number of carbonyl (C=O) groups excluding carboxylic acids is 1. The Morgan fingerprint density at radius 3 is 2.24 bits per heavy atom. The van der Waals surface area contributed by atoms with Crippen LogP contribution in [0.2, 0.25) is 0 Å². The molecule has 0 aliphatic rings. The molecule has 0 fully saturated rings. The van der Waals surface area contributed by atoms with Crippen molar-refractivity contribution in [1.82, 2.24) is 5.32 Å². The second kappa shape index (κ2) is 7.63. The highest BCUT2D eigenvalue weighted by Crippen LogP contribution is 2.15. The molecular weight excluding hydrogens is 316 g/mol. The first-order chi connectivity index (χ1) is 9.10. The van der Waals surface area contributed by atoms with Crippen LogP contribution in [-0.2, 0) is 14.6 Å². The summed E-state index contributed by atoms with van der Waals surface area (Å²) in [6, 6.07) is 6.11. The van der Waals surface area contributed by atoms with E-state index in [2.05, 4.69) is 5.32 Å². The molecule has 0 saturated carbocycles. The topological polar surface area (TPSA) is 98.5 Å². The Kier molecular flexibility index (Phi) is 7.15. The monoisotopic (exact) mass is 336 g/mol.